The third-order valence-corrected chi connectivity index (χ3v) is 4.68. The van der Waals surface area contributed by atoms with Crippen LogP contribution >= 0.6 is 27.7 Å². The summed E-state index contributed by atoms with van der Waals surface area (Å²) in [7, 11) is 0. The van der Waals surface area contributed by atoms with Gasteiger partial charge in [0.25, 0.3) is 0 Å². The van der Waals surface area contributed by atoms with Crippen LogP contribution < -0.4 is 5.73 Å². The van der Waals surface area contributed by atoms with Gasteiger partial charge in [-0.3, -0.25) is 0 Å². The van der Waals surface area contributed by atoms with Crippen LogP contribution in [0.25, 0.3) is 0 Å². The molecule has 0 saturated carbocycles. The molecule has 0 aliphatic heterocycles. The quantitative estimate of drug-likeness (QED) is 0.809. The van der Waals surface area contributed by atoms with Crippen LogP contribution in [0.3, 0.4) is 0 Å². The van der Waals surface area contributed by atoms with E-state index in [4.69, 9.17) is 5.73 Å². The van der Waals surface area contributed by atoms with E-state index in [1.165, 1.54) is 11.8 Å². The third kappa shape index (κ3) is 3.42. The first kappa shape index (κ1) is 15.1. The fourth-order valence-corrected chi connectivity index (χ4v) is 3.01. The Morgan fingerprint density at radius 3 is 2.30 bits per heavy atom. The largest absolute Gasteiger partial charge is 0.480 e. The summed E-state index contributed by atoms with van der Waals surface area (Å²) >= 11 is 4.80. The molecular formula is C15H14BrNO2S. The van der Waals surface area contributed by atoms with Crippen molar-refractivity contribution in [2.24, 2.45) is 5.73 Å². The SMILES string of the molecule is NC(CSc1ccc(Br)cc1)(C(=O)O)c1ccccc1. The van der Waals surface area contributed by atoms with Gasteiger partial charge in [-0.2, -0.15) is 0 Å². The standard InChI is InChI=1S/C15H14BrNO2S/c16-12-6-8-13(9-7-12)20-10-15(17,14(18)19)11-4-2-1-3-5-11/h1-9H,10,17H2,(H,18,19). The molecule has 104 valence electrons. The number of carboxylic acid groups (broad SMARTS) is 1. The molecule has 0 bridgehead atoms. The maximum absolute atomic E-state index is 11.6. The number of carboxylic acids is 1. The van der Waals surface area contributed by atoms with Crippen molar-refractivity contribution in [2.45, 2.75) is 10.4 Å². The topological polar surface area (TPSA) is 63.3 Å². The van der Waals surface area contributed by atoms with Gasteiger partial charge in [-0.25, -0.2) is 4.79 Å². The molecule has 5 heteroatoms. The lowest BCUT2D eigenvalue weighted by Crippen LogP contribution is -2.47. The van der Waals surface area contributed by atoms with Crippen molar-refractivity contribution in [3.63, 3.8) is 0 Å². The number of benzene rings is 2. The molecule has 3 N–H and O–H groups in total. The second kappa shape index (κ2) is 6.43. The summed E-state index contributed by atoms with van der Waals surface area (Å²) in [6, 6.07) is 16.6. The van der Waals surface area contributed by atoms with Crippen LogP contribution in [0.5, 0.6) is 0 Å². The summed E-state index contributed by atoms with van der Waals surface area (Å²) in [6.07, 6.45) is 0. The highest BCUT2D eigenvalue weighted by atomic mass is 79.9. The molecule has 2 rings (SSSR count). The van der Waals surface area contributed by atoms with E-state index in [1.807, 2.05) is 30.3 Å². The molecule has 2 aromatic carbocycles. The van der Waals surface area contributed by atoms with Crippen LogP contribution in [0.2, 0.25) is 0 Å². The van der Waals surface area contributed by atoms with Gasteiger partial charge in [0.05, 0.1) is 0 Å². The summed E-state index contributed by atoms with van der Waals surface area (Å²) in [5, 5.41) is 9.46. The average Bonchev–Trinajstić information content (AvgIpc) is 2.47. The minimum atomic E-state index is -1.39. The third-order valence-electron chi connectivity index (χ3n) is 2.95. The van der Waals surface area contributed by atoms with Crippen LogP contribution in [-0.4, -0.2) is 16.8 Å². The summed E-state index contributed by atoms with van der Waals surface area (Å²) < 4.78 is 0.988. The molecule has 0 amide bonds. The lowest BCUT2D eigenvalue weighted by atomic mass is 9.93. The van der Waals surface area contributed by atoms with Gasteiger partial charge in [0, 0.05) is 15.1 Å². The fraction of sp³-hybridized carbons (Fsp3) is 0.133. The molecule has 0 aromatic heterocycles. The Morgan fingerprint density at radius 1 is 1.15 bits per heavy atom. The van der Waals surface area contributed by atoms with E-state index in [-0.39, 0.29) is 5.75 Å². The molecule has 0 heterocycles. The average molecular weight is 352 g/mol. The van der Waals surface area contributed by atoms with Crippen molar-refractivity contribution < 1.29 is 9.90 Å². The van der Waals surface area contributed by atoms with Crippen molar-refractivity contribution in [3.05, 3.63) is 64.6 Å². The predicted octanol–water partition coefficient (Wildman–Crippen LogP) is 3.48. The van der Waals surface area contributed by atoms with Crippen molar-refractivity contribution in [1.82, 2.24) is 0 Å². The van der Waals surface area contributed by atoms with Crippen LogP contribution in [0, 0.1) is 0 Å². The molecule has 2 aromatic rings. The number of thioether (sulfide) groups is 1. The molecule has 1 unspecified atom stereocenters. The minimum Gasteiger partial charge on any atom is -0.480 e. The van der Waals surface area contributed by atoms with Crippen molar-refractivity contribution in [3.8, 4) is 0 Å². The van der Waals surface area contributed by atoms with Crippen LogP contribution in [0.4, 0.5) is 0 Å². The Balaban J connectivity index is 2.18. The molecule has 0 aliphatic rings. The van der Waals surface area contributed by atoms with E-state index in [1.54, 1.807) is 24.3 Å². The Bertz CT molecular complexity index is 589. The van der Waals surface area contributed by atoms with Gasteiger partial charge < -0.3 is 10.8 Å². The number of hydrogen-bond donors (Lipinski definition) is 2. The smallest absolute Gasteiger partial charge is 0.329 e. The van der Waals surface area contributed by atoms with Gasteiger partial charge in [0.1, 0.15) is 5.54 Å². The number of halogens is 1. The maximum Gasteiger partial charge on any atom is 0.329 e. The lowest BCUT2D eigenvalue weighted by molar-refractivity contribution is -0.142. The Morgan fingerprint density at radius 2 is 1.75 bits per heavy atom. The molecule has 0 saturated heterocycles. The number of nitrogens with two attached hydrogens (primary N) is 1. The molecule has 0 aliphatic carbocycles. The highest BCUT2D eigenvalue weighted by Gasteiger charge is 2.36. The first-order chi connectivity index (χ1) is 9.52. The van der Waals surface area contributed by atoms with E-state index < -0.39 is 11.5 Å². The first-order valence-electron chi connectivity index (χ1n) is 5.98. The zero-order valence-corrected chi connectivity index (χ0v) is 13.0. The fourth-order valence-electron chi connectivity index (χ4n) is 1.73. The van der Waals surface area contributed by atoms with Crippen molar-refractivity contribution in [1.29, 1.82) is 0 Å². The van der Waals surface area contributed by atoms with Gasteiger partial charge >= 0.3 is 5.97 Å². The van der Waals surface area contributed by atoms with Gasteiger partial charge in [-0.05, 0) is 29.8 Å². The zero-order chi connectivity index (χ0) is 14.6. The van der Waals surface area contributed by atoms with Crippen LogP contribution in [0.15, 0.2) is 64.0 Å². The number of aliphatic carboxylic acids is 1. The summed E-state index contributed by atoms with van der Waals surface area (Å²) in [5.74, 6) is -0.748. The van der Waals surface area contributed by atoms with Gasteiger partial charge in [-0.15, -0.1) is 11.8 Å². The van der Waals surface area contributed by atoms with Crippen LogP contribution in [-0.2, 0) is 10.3 Å². The summed E-state index contributed by atoms with van der Waals surface area (Å²) in [6.45, 7) is 0. The van der Waals surface area contributed by atoms with Gasteiger partial charge in [-0.1, -0.05) is 46.3 Å². The first-order valence-corrected chi connectivity index (χ1v) is 7.76. The molecule has 20 heavy (non-hydrogen) atoms. The van der Waals surface area contributed by atoms with E-state index in [9.17, 15) is 9.90 Å². The van der Waals surface area contributed by atoms with E-state index in [2.05, 4.69) is 15.9 Å². The van der Waals surface area contributed by atoms with Gasteiger partial charge in [0.15, 0.2) is 0 Å². The molecule has 0 fully saturated rings. The lowest BCUT2D eigenvalue weighted by Gasteiger charge is -2.24. The van der Waals surface area contributed by atoms with E-state index in [0.717, 1.165) is 9.37 Å². The molecule has 3 nitrogen and oxygen atoms in total. The second-order valence-corrected chi connectivity index (χ2v) is 6.35. The predicted molar refractivity (Wildman–Crippen MR) is 84.8 cm³/mol. The maximum atomic E-state index is 11.6. The van der Waals surface area contributed by atoms with Crippen molar-refractivity contribution >= 4 is 33.7 Å². The summed E-state index contributed by atoms with van der Waals surface area (Å²) in [4.78, 5) is 12.5. The Hall–Kier alpha value is -1.30. The van der Waals surface area contributed by atoms with E-state index >= 15 is 0 Å². The highest BCUT2D eigenvalue weighted by Crippen LogP contribution is 2.29. The van der Waals surface area contributed by atoms with Crippen molar-refractivity contribution in [2.75, 3.05) is 5.75 Å². The number of rotatable bonds is 5. The molecular weight excluding hydrogens is 338 g/mol. The number of carbonyl (C=O) groups is 1. The summed E-state index contributed by atoms with van der Waals surface area (Å²) in [5.41, 5.74) is 5.33. The molecule has 1 atom stereocenters. The monoisotopic (exact) mass is 351 g/mol. The highest BCUT2D eigenvalue weighted by molar-refractivity contribution is 9.10. The Kier molecular flexibility index (Phi) is 4.86. The normalized spacial score (nSPS) is 13.7. The molecule has 0 radical (unpaired) electrons. The zero-order valence-electron chi connectivity index (χ0n) is 10.6. The van der Waals surface area contributed by atoms with Crippen LogP contribution in [0.1, 0.15) is 5.56 Å². The Labute approximate surface area is 130 Å². The van der Waals surface area contributed by atoms with Gasteiger partial charge in [0.2, 0.25) is 0 Å². The molecule has 0 spiro atoms. The minimum absolute atomic E-state index is 0.272. The number of hydrogen-bond acceptors (Lipinski definition) is 3. The second-order valence-electron chi connectivity index (χ2n) is 4.39. The van der Waals surface area contributed by atoms with E-state index in [0.29, 0.717) is 5.56 Å².